The Kier molecular flexibility index (Phi) is 8.73. The first kappa shape index (κ1) is 33.8. The van der Waals surface area contributed by atoms with Gasteiger partial charge in [-0.3, -0.25) is 9.89 Å². The monoisotopic (exact) mass is 689 g/mol. The number of aromatic amines is 1. The molecular weight excluding hydrogens is 647 g/mol. The zero-order valence-corrected chi connectivity index (χ0v) is 28.6. The van der Waals surface area contributed by atoms with Crippen molar-refractivity contribution in [3.05, 3.63) is 54.8 Å². The SMILES string of the molecule is C=CC(=O)N1CC2(CCN(c3nc(OC4CCN(C)CC4C)nc4c(OCC(F)(F)F)c(-c5c(C)ccc6[nH]ncc56)c(C=C)cc34)CC2)C1. The van der Waals surface area contributed by atoms with E-state index in [9.17, 15) is 18.0 Å². The number of hydrogen-bond acceptors (Lipinski definition) is 8. The third-order valence-electron chi connectivity index (χ3n) is 10.6. The van der Waals surface area contributed by atoms with E-state index in [1.165, 1.54) is 6.08 Å². The highest BCUT2D eigenvalue weighted by molar-refractivity contribution is 6.07. The van der Waals surface area contributed by atoms with Crippen molar-refractivity contribution in [3.8, 4) is 22.9 Å². The second-order valence-corrected chi connectivity index (χ2v) is 14.2. The molecule has 264 valence electrons. The Labute approximate surface area is 288 Å². The molecule has 0 bridgehead atoms. The zero-order valence-electron chi connectivity index (χ0n) is 28.6. The quantitative estimate of drug-likeness (QED) is 0.212. The van der Waals surface area contributed by atoms with Crippen molar-refractivity contribution in [2.45, 2.75) is 45.4 Å². The van der Waals surface area contributed by atoms with Crippen molar-refractivity contribution in [3.63, 3.8) is 0 Å². The van der Waals surface area contributed by atoms with E-state index in [-0.39, 0.29) is 40.6 Å². The Morgan fingerprint density at radius 2 is 1.88 bits per heavy atom. The van der Waals surface area contributed by atoms with Crippen LogP contribution in [0.25, 0.3) is 39.0 Å². The second-order valence-electron chi connectivity index (χ2n) is 14.2. The average molecular weight is 690 g/mol. The number of aromatic nitrogens is 4. The predicted molar refractivity (Wildman–Crippen MR) is 187 cm³/mol. The van der Waals surface area contributed by atoms with Crippen molar-refractivity contribution in [1.82, 2.24) is 30.0 Å². The molecule has 0 radical (unpaired) electrons. The zero-order chi connectivity index (χ0) is 35.4. The van der Waals surface area contributed by atoms with Crippen LogP contribution < -0.4 is 14.4 Å². The lowest BCUT2D eigenvalue weighted by atomic mass is 9.72. The fourth-order valence-electron chi connectivity index (χ4n) is 7.89. The Balaban J connectivity index is 1.39. The maximum absolute atomic E-state index is 13.9. The summed E-state index contributed by atoms with van der Waals surface area (Å²) in [5, 5.41) is 8.48. The fourth-order valence-corrected chi connectivity index (χ4v) is 7.89. The Morgan fingerprint density at radius 1 is 1.12 bits per heavy atom. The number of amides is 1. The van der Waals surface area contributed by atoms with Crippen LogP contribution in [0.5, 0.6) is 11.8 Å². The van der Waals surface area contributed by atoms with Gasteiger partial charge in [-0.05, 0) is 68.1 Å². The van der Waals surface area contributed by atoms with E-state index in [0.717, 1.165) is 48.8 Å². The molecule has 0 aliphatic carbocycles. The molecule has 3 saturated heterocycles. The molecular formula is C37H42F3N7O3. The number of rotatable bonds is 8. The van der Waals surface area contributed by atoms with E-state index in [2.05, 4.69) is 47.1 Å². The summed E-state index contributed by atoms with van der Waals surface area (Å²) in [5.41, 5.74) is 3.53. The minimum absolute atomic E-state index is 0.0116. The molecule has 50 heavy (non-hydrogen) atoms. The van der Waals surface area contributed by atoms with E-state index < -0.39 is 12.8 Å². The topological polar surface area (TPSA) is 99.7 Å². The van der Waals surface area contributed by atoms with Crippen LogP contribution in [0.3, 0.4) is 0 Å². The average Bonchev–Trinajstić information content (AvgIpc) is 3.55. The van der Waals surface area contributed by atoms with Crippen LogP contribution in [-0.4, -0.2) is 101 Å². The summed E-state index contributed by atoms with van der Waals surface area (Å²) in [6, 6.07) is 5.79. The van der Waals surface area contributed by atoms with Gasteiger partial charge in [-0.25, -0.2) is 0 Å². The van der Waals surface area contributed by atoms with Crippen LogP contribution in [0.15, 0.2) is 43.6 Å². The van der Waals surface area contributed by atoms with Gasteiger partial charge in [-0.1, -0.05) is 32.2 Å². The van der Waals surface area contributed by atoms with Crippen molar-refractivity contribution in [2.24, 2.45) is 11.3 Å². The van der Waals surface area contributed by atoms with Gasteiger partial charge in [0.05, 0.1) is 11.7 Å². The van der Waals surface area contributed by atoms with Gasteiger partial charge in [0, 0.05) is 66.9 Å². The van der Waals surface area contributed by atoms with Gasteiger partial charge in [0.25, 0.3) is 0 Å². The largest absolute Gasteiger partial charge is 0.481 e. The van der Waals surface area contributed by atoms with Gasteiger partial charge >= 0.3 is 12.2 Å². The summed E-state index contributed by atoms with van der Waals surface area (Å²) in [5.74, 6) is 0.684. The molecule has 2 aromatic heterocycles. The molecule has 5 heterocycles. The van der Waals surface area contributed by atoms with E-state index in [4.69, 9.17) is 19.4 Å². The van der Waals surface area contributed by atoms with Crippen molar-refractivity contribution >= 4 is 39.6 Å². The van der Waals surface area contributed by atoms with Gasteiger partial charge < -0.3 is 24.2 Å². The number of benzene rings is 2. The van der Waals surface area contributed by atoms with Crippen molar-refractivity contribution in [2.75, 3.05) is 57.8 Å². The minimum atomic E-state index is -4.60. The van der Waals surface area contributed by atoms with Gasteiger partial charge in [0.15, 0.2) is 12.4 Å². The first-order chi connectivity index (χ1) is 23.9. The summed E-state index contributed by atoms with van der Waals surface area (Å²) in [7, 11) is 2.07. The third kappa shape index (κ3) is 6.27. The van der Waals surface area contributed by atoms with Crippen LogP contribution in [0.2, 0.25) is 0 Å². The number of nitrogens with zero attached hydrogens (tertiary/aromatic N) is 6. The van der Waals surface area contributed by atoms with Gasteiger partial charge in [-0.15, -0.1) is 0 Å². The molecule has 13 heteroatoms. The lowest BCUT2D eigenvalue weighted by Crippen LogP contribution is -2.61. The fraction of sp³-hybridized carbons (Fsp3) is 0.459. The molecule has 10 nitrogen and oxygen atoms in total. The molecule has 1 spiro atoms. The molecule has 3 aliphatic heterocycles. The van der Waals surface area contributed by atoms with Crippen molar-refractivity contribution in [1.29, 1.82) is 0 Å². The smallest absolute Gasteiger partial charge is 0.422 e. The molecule has 0 saturated carbocycles. The number of piperidine rings is 2. The standard InChI is InChI=1S/C37H42F3N7O3/c1-6-24-16-25-32(33(49-21-37(38,39)40)31(24)30-22(3)8-9-27-26(30)17-41-44-27)42-35(50-28-10-13-45(5)18-23(28)4)43-34(25)46-14-11-36(12-15-46)19-47(20-36)29(48)7-2/h6-9,16-17,23,28H,1-2,10-15,18-21H2,3-5H3,(H,41,44). The summed E-state index contributed by atoms with van der Waals surface area (Å²) in [4.78, 5) is 28.2. The number of hydrogen-bond donors (Lipinski definition) is 1. The van der Waals surface area contributed by atoms with Crippen LogP contribution in [0, 0.1) is 18.3 Å². The highest BCUT2D eigenvalue weighted by atomic mass is 19.4. The highest BCUT2D eigenvalue weighted by Gasteiger charge is 2.46. The molecule has 3 aliphatic rings. The predicted octanol–water partition coefficient (Wildman–Crippen LogP) is 6.40. The summed E-state index contributed by atoms with van der Waals surface area (Å²) >= 11 is 0. The highest BCUT2D eigenvalue weighted by Crippen LogP contribution is 2.48. The first-order valence-corrected chi connectivity index (χ1v) is 17.0. The molecule has 1 N–H and O–H groups in total. The van der Waals surface area contributed by atoms with E-state index in [0.29, 0.717) is 54.1 Å². The minimum Gasteiger partial charge on any atom is -0.481 e. The summed E-state index contributed by atoms with van der Waals surface area (Å²) in [6.07, 6.45) is 2.29. The number of halogens is 3. The number of nitrogens with one attached hydrogen (secondary N) is 1. The maximum atomic E-state index is 13.9. The molecule has 7 rings (SSSR count). The lowest BCUT2D eigenvalue weighted by molar-refractivity contribution is -0.153. The number of likely N-dealkylation sites (tertiary alicyclic amines) is 2. The molecule has 1 amide bonds. The Bertz CT molecular complexity index is 1960. The van der Waals surface area contributed by atoms with Crippen LogP contribution in [0.4, 0.5) is 19.0 Å². The molecule has 2 aromatic carbocycles. The normalized spacial score (nSPS) is 21.0. The lowest BCUT2D eigenvalue weighted by Gasteiger charge is -2.54. The van der Waals surface area contributed by atoms with E-state index in [1.54, 1.807) is 12.3 Å². The van der Waals surface area contributed by atoms with E-state index in [1.807, 2.05) is 30.0 Å². The number of alkyl halides is 3. The molecule has 2 unspecified atom stereocenters. The number of carbonyl (C=O) groups excluding carboxylic acids is 1. The number of anilines is 1. The number of ether oxygens (including phenoxy) is 2. The Morgan fingerprint density at radius 3 is 2.56 bits per heavy atom. The third-order valence-corrected chi connectivity index (χ3v) is 10.6. The molecule has 2 atom stereocenters. The van der Waals surface area contributed by atoms with Gasteiger partial charge in [0.2, 0.25) is 5.91 Å². The van der Waals surface area contributed by atoms with Gasteiger partial charge in [-0.2, -0.15) is 28.2 Å². The Hall–Kier alpha value is -4.65. The van der Waals surface area contributed by atoms with Crippen LogP contribution in [0.1, 0.15) is 37.3 Å². The number of H-pyrrole nitrogens is 1. The summed E-state index contributed by atoms with van der Waals surface area (Å²) in [6.45, 7) is 14.5. The number of carbonyl (C=O) groups is 1. The second kappa shape index (κ2) is 12.9. The van der Waals surface area contributed by atoms with Crippen molar-refractivity contribution < 1.29 is 27.4 Å². The molecule has 3 fully saturated rings. The van der Waals surface area contributed by atoms with E-state index >= 15 is 0 Å². The maximum Gasteiger partial charge on any atom is 0.422 e. The number of fused-ring (bicyclic) bond motifs is 2. The molecule has 4 aromatic rings. The number of aryl methyl sites for hydroxylation is 1. The first-order valence-electron chi connectivity index (χ1n) is 17.0. The van der Waals surface area contributed by atoms with Crippen LogP contribution >= 0.6 is 0 Å². The van der Waals surface area contributed by atoms with Crippen LogP contribution in [-0.2, 0) is 4.79 Å². The summed E-state index contributed by atoms with van der Waals surface area (Å²) < 4.78 is 54.1. The van der Waals surface area contributed by atoms with Gasteiger partial charge in [0.1, 0.15) is 17.4 Å².